The van der Waals surface area contributed by atoms with E-state index in [9.17, 15) is 14.7 Å². The van der Waals surface area contributed by atoms with Gasteiger partial charge in [-0.05, 0) is 53.4 Å². The van der Waals surface area contributed by atoms with Crippen LogP contribution in [0, 0.1) is 17.8 Å². The molecular weight excluding hydrogens is 354 g/mol. The van der Waals surface area contributed by atoms with Crippen LogP contribution in [-0.2, 0) is 9.53 Å². The Bertz CT molecular complexity index is 894. The average molecular weight is 377 g/mol. The number of alkyl carbamates (subject to hydrolysis) is 1. The van der Waals surface area contributed by atoms with Crippen molar-refractivity contribution in [3.05, 3.63) is 59.7 Å². The molecule has 2 aromatic carbocycles. The van der Waals surface area contributed by atoms with Gasteiger partial charge in [-0.3, -0.25) is 4.79 Å². The number of fused-ring (bicyclic) bond motifs is 5. The van der Waals surface area contributed by atoms with Gasteiger partial charge >= 0.3 is 12.1 Å². The number of carbonyl (C=O) groups excluding carboxylic acids is 1. The van der Waals surface area contributed by atoms with Crippen molar-refractivity contribution < 1.29 is 19.4 Å². The van der Waals surface area contributed by atoms with E-state index in [0.29, 0.717) is 0 Å². The number of carboxylic acid groups (broad SMARTS) is 1. The zero-order valence-corrected chi connectivity index (χ0v) is 15.5. The van der Waals surface area contributed by atoms with E-state index in [1.807, 2.05) is 24.3 Å². The quantitative estimate of drug-likeness (QED) is 0.844. The van der Waals surface area contributed by atoms with E-state index < -0.39 is 18.0 Å². The molecule has 144 valence electrons. The van der Waals surface area contributed by atoms with Gasteiger partial charge in [-0.2, -0.15) is 0 Å². The van der Waals surface area contributed by atoms with Crippen LogP contribution in [0.1, 0.15) is 36.3 Å². The molecule has 2 bridgehead atoms. The Balaban J connectivity index is 1.29. The number of carbonyl (C=O) groups is 2. The van der Waals surface area contributed by atoms with Crippen LogP contribution in [0.25, 0.3) is 11.1 Å². The minimum Gasteiger partial charge on any atom is -0.481 e. The highest BCUT2D eigenvalue weighted by Gasteiger charge is 2.51. The van der Waals surface area contributed by atoms with Crippen molar-refractivity contribution in [1.29, 1.82) is 0 Å². The molecular formula is C23H23NO4. The lowest BCUT2D eigenvalue weighted by Crippen LogP contribution is -2.47. The summed E-state index contributed by atoms with van der Waals surface area (Å²) in [6.45, 7) is 0.248. The van der Waals surface area contributed by atoms with Gasteiger partial charge in [0.25, 0.3) is 0 Å². The van der Waals surface area contributed by atoms with Gasteiger partial charge in [0.2, 0.25) is 0 Å². The molecule has 2 aromatic rings. The van der Waals surface area contributed by atoms with Crippen LogP contribution >= 0.6 is 0 Å². The Hall–Kier alpha value is -2.82. The number of amides is 1. The molecule has 5 rings (SSSR count). The molecule has 0 saturated heterocycles. The van der Waals surface area contributed by atoms with E-state index in [1.54, 1.807) is 0 Å². The lowest BCUT2D eigenvalue weighted by atomic mass is 9.84. The summed E-state index contributed by atoms with van der Waals surface area (Å²) < 4.78 is 5.59. The summed E-state index contributed by atoms with van der Waals surface area (Å²) in [6, 6.07) is 16.1. The zero-order chi connectivity index (χ0) is 19.3. The standard InChI is InChI=1S/C23H23NO4/c25-22(26)20-13-9-10-14(11-13)21(20)24-23(27)28-12-19-17-7-3-1-5-15(17)16-6-2-4-8-18(16)19/h1-8,13-14,19-21H,9-12H2,(H,24,27)(H,25,26)/t13-,14+,20+,21-/m1/s1. The van der Waals surface area contributed by atoms with Crippen molar-refractivity contribution in [3.8, 4) is 11.1 Å². The summed E-state index contributed by atoms with van der Waals surface area (Å²) in [4.78, 5) is 24.1. The van der Waals surface area contributed by atoms with E-state index in [2.05, 4.69) is 29.6 Å². The highest BCUT2D eigenvalue weighted by Crippen LogP contribution is 2.49. The molecule has 2 saturated carbocycles. The molecule has 0 aliphatic heterocycles. The fourth-order valence-corrected chi connectivity index (χ4v) is 5.63. The Morgan fingerprint density at radius 1 is 0.964 bits per heavy atom. The van der Waals surface area contributed by atoms with Crippen LogP contribution in [0.15, 0.2) is 48.5 Å². The maximum Gasteiger partial charge on any atom is 0.407 e. The third kappa shape index (κ3) is 2.68. The van der Waals surface area contributed by atoms with Crippen LogP contribution in [0.3, 0.4) is 0 Å². The first kappa shape index (κ1) is 17.3. The molecule has 0 spiro atoms. The Morgan fingerprint density at radius 2 is 1.57 bits per heavy atom. The topological polar surface area (TPSA) is 75.6 Å². The first-order valence-corrected chi connectivity index (χ1v) is 9.98. The summed E-state index contributed by atoms with van der Waals surface area (Å²) in [7, 11) is 0. The molecule has 0 radical (unpaired) electrons. The zero-order valence-electron chi connectivity index (χ0n) is 15.5. The van der Waals surface area contributed by atoms with Gasteiger partial charge in [-0.15, -0.1) is 0 Å². The minimum absolute atomic E-state index is 0.00782. The van der Waals surface area contributed by atoms with E-state index >= 15 is 0 Å². The second-order valence-corrected chi connectivity index (χ2v) is 8.19. The van der Waals surface area contributed by atoms with Crippen LogP contribution in [-0.4, -0.2) is 29.8 Å². The summed E-state index contributed by atoms with van der Waals surface area (Å²) in [5.41, 5.74) is 4.71. The van der Waals surface area contributed by atoms with Crippen molar-refractivity contribution in [2.24, 2.45) is 17.8 Å². The molecule has 3 aliphatic rings. The number of carboxylic acids is 1. The fraction of sp³-hybridized carbons (Fsp3) is 0.391. The van der Waals surface area contributed by atoms with Crippen molar-refractivity contribution in [2.75, 3.05) is 6.61 Å². The van der Waals surface area contributed by atoms with Crippen LogP contribution in [0.5, 0.6) is 0 Å². The predicted octanol–water partition coefficient (Wildman–Crippen LogP) is 4.02. The van der Waals surface area contributed by atoms with Crippen molar-refractivity contribution >= 4 is 12.1 Å². The largest absolute Gasteiger partial charge is 0.481 e. The smallest absolute Gasteiger partial charge is 0.407 e. The van der Waals surface area contributed by atoms with Gasteiger partial charge in [0, 0.05) is 12.0 Å². The van der Waals surface area contributed by atoms with E-state index in [4.69, 9.17) is 4.74 Å². The maximum absolute atomic E-state index is 12.5. The van der Waals surface area contributed by atoms with Crippen LogP contribution < -0.4 is 5.32 Å². The molecule has 0 heterocycles. The summed E-state index contributed by atoms with van der Waals surface area (Å²) in [5, 5.41) is 12.4. The normalized spacial score (nSPS) is 27.3. The lowest BCUT2D eigenvalue weighted by molar-refractivity contribution is -0.144. The van der Waals surface area contributed by atoms with E-state index in [0.717, 1.165) is 19.3 Å². The third-order valence-corrected chi connectivity index (χ3v) is 6.83. The molecule has 5 heteroatoms. The van der Waals surface area contributed by atoms with Crippen LogP contribution in [0.2, 0.25) is 0 Å². The summed E-state index contributed by atoms with van der Waals surface area (Å²) in [5.74, 6) is -0.850. The summed E-state index contributed by atoms with van der Waals surface area (Å²) >= 11 is 0. The number of benzene rings is 2. The maximum atomic E-state index is 12.5. The van der Waals surface area contributed by atoms with Crippen LogP contribution in [0.4, 0.5) is 4.79 Å². The first-order chi connectivity index (χ1) is 13.6. The number of ether oxygens (including phenoxy) is 1. The lowest BCUT2D eigenvalue weighted by Gasteiger charge is -2.28. The van der Waals surface area contributed by atoms with Crippen molar-refractivity contribution in [2.45, 2.75) is 31.2 Å². The molecule has 2 N–H and O–H groups in total. The SMILES string of the molecule is O=C(N[C@@H]1[C@H]2CC[C@H](C2)[C@@H]1C(=O)O)OCC1c2ccccc2-c2ccccc21. The molecule has 2 fully saturated rings. The number of nitrogens with one attached hydrogen (secondary N) is 1. The first-order valence-electron chi connectivity index (χ1n) is 9.98. The van der Waals surface area contributed by atoms with Gasteiger partial charge in [-0.25, -0.2) is 4.79 Å². The van der Waals surface area contributed by atoms with Gasteiger partial charge in [0.15, 0.2) is 0 Å². The summed E-state index contributed by atoms with van der Waals surface area (Å²) in [6.07, 6.45) is 2.32. The average Bonchev–Trinajstić information content (AvgIpc) is 3.38. The second-order valence-electron chi connectivity index (χ2n) is 8.19. The van der Waals surface area contributed by atoms with Crippen molar-refractivity contribution in [1.82, 2.24) is 5.32 Å². The van der Waals surface area contributed by atoms with E-state index in [-0.39, 0.29) is 30.4 Å². The Kier molecular flexibility index (Phi) is 4.11. The number of aliphatic carboxylic acids is 1. The van der Waals surface area contributed by atoms with Gasteiger partial charge < -0.3 is 15.2 Å². The Morgan fingerprint density at radius 3 is 2.21 bits per heavy atom. The molecule has 4 atom stereocenters. The number of rotatable bonds is 4. The molecule has 0 unspecified atom stereocenters. The highest BCUT2D eigenvalue weighted by molar-refractivity contribution is 5.79. The van der Waals surface area contributed by atoms with Gasteiger partial charge in [-0.1, -0.05) is 48.5 Å². The van der Waals surface area contributed by atoms with E-state index in [1.165, 1.54) is 22.3 Å². The molecule has 3 aliphatic carbocycles. The molecule has 0 aromatic heterocycles. The Labute approximate surface area is 163 Å². The minimum atomic E-state index is -0.809. The monoisotopic (exact) mass is 377 g/mol. The fourth-order valence-electron chi connectivity index (χ4n) is 5.63. The van der Waals surface area contributed by atoms with Gasteiger partial charge in [0.1, 0.15) is 6.61 Å². The molecule has 5 nitrogen and oxygen atoms in total. The number of hydrogen-bond donors (Lipinski definition) is 2. The van der Waals surface area contributed by atoms with Crippen molar-refractivity contribution in [3.63, 3.8) is 0 Å². The molecule has 1 amide bonds. The molecule has 28 heavy (non-hydrogen) atoms. The highest BCUT2D eigenvalue weighted by atomic mass is 16.5. The van der Waals surface area contributed by atoms with Gasteiger partial charge in [0.05, 0.1) is 5.92 Å². The number of hydrogen-bond acceptors (Lipinski definition) is 3. The predicted molar refractivity (Wildman–Crippen MR) is 104 cm³/mol. The second kappa shape index (κ2) is 6.66. The third-order valence-electron chi connectivity index (χ3n) is 6.83.